The monoisotopic (exact) mass is 296 g/mol. The van der Waals surface area contributed by atoms with Gasteiger partial charge in [0.05, 0.1) is 6.10 Å². The number of hydrogen-bond acceptors (Lipinski definition) is 3. The number of esters is 1. The highest BCUT2D eigenvalue weighted by Gasteiger charge is 2.06. The van der Waals surface area contributed by atoms with E-state index in [1.807, 2.05) is 13.0 Å². The molecule has 0 saturated heterocycles. The lowest BCUT2D eigenvalue weighted by molar-refractivity contribution is -0.142. The molecule has 0 bridgehead atoms. The lowest BCUT2D eigenvalue weighted by atomic mass is 10.1. The molecule has 1 N–H and O–H groups in total. The Bertz CT molecular complexity index is 338. The van der Waals surface area contributed by atoms with Crippen molar-refractivity contribution in [1.82, 2.24) is 0 Å². The van der Waals surface area contributed by atoms with Crippen molar-refractivity contribution in [3.8, 4) is 0 Å². The molecule has 0 heterocycles. The number of carbonyl (C=O) groups is 1. The van der Waals surface area contributed by atoms with E-state index in [1.54, 1.807) is 0 Å². The smallest absolute Gasteiger partial charge is 0.306 e. The molecule has 0 aliphatic heterocycles. The van der Waals surface area contributed by atoms with Crippen LogP contribution in [-0.2, 0) is 9.53 Å². The molecule has 0 aromatic rings. The quantitative estimate of drug-likeness (QED) is 0.449. The molecule has 3 nitrogen and oxygen atoms in total. The van der Waals surface area contributed by atoms with Gasteiger partial charge in [-0.3, -0.25) is 4.79 Å². The van der Waals surface area contributed by atoms with Gasteiger partial charge in [0.15, 0.2) is 0 Å². The van der Waals surface area contributed by atoms with Crippen molar-refractivity contribution in [2.24, 2.45) is 0 Å². The normalized spacial score (nSPS) is 12.9. The van der Waals surface area contributed by atoms with Crippen LogP contribution < -0.4 is 0 Å². The fraction of sp³-hybridized carbons (Fsp3) is 0.722. The molecule has 0 aromatic carbocycles. The Kier molecular flexibility index (Phi) is 12.0. The molecule has 0 spiro atoms. The molecule has 1 atom stereocenters. The van der Waals surface area contributed by atoms with Crippen LogP contribution in [0.5, 0.6) is 0 Å². The zero-order valence-electron chi connectivity index (χ0n) is 14.2. The topological polar surface area (TPSA) is 46.5 Å². The summed E-state index contributed by atoms with van der Waals surface area (Å²) >= 11 is 0. The predicted molar refractivity (Wildman–Crippen MR) is 88.1 cm³/mol. The molecule has 0 aliphatic rings. The van der Waals surface area contributed by atoms with Gasteiger partial charge in [0.2, 0.25) is 0 Å². The van der Waals surface area contributed by atoms with Crippen molar-refractivity contribution in [2.75, 3.05) is 6.61 Å². The van der Waals surface area contributed by atoms with Crippen LogP contribution in [-0.4, -0.2) is 23.8 Å². The average Bonchev–Trinajstić information content (AvgIpc) is 2.38. The van der Waals surface area contributed by atoms with Crippen molar-refractivity contribution in [3.63, 3.8) is 0 Å². The summed E-state index contributed by atoms with van der Waals surface area (Å²) in [5, 5.41) is 9.57. The van der Waals surface area contributed by atoms with E-state index < -0.39 is 0 Å². The summed E-state index contributed by atoms with van der Waals surface area (Å²) in [6.07, 6.45) is 9.51. The van der Waals surface area contributed by atoms with Gasteiger partial charge in [-0.25, -0.2) is 0 Å². The van der Waals surface area contributed by atoms with Gasteiger partial charge in [0, 0.05) is 6.42 Å². The summed E-state index contributed by atoms with van der Waals surface area (Å²) < 4.78 is 5.17. The van der Waals surface area contributed by atoms with E-state index in [0.29, 0.717) is 25.9 Å². The van der Waals surface area contributed by atoms with E-state index >= 15 is 0 Å². The van der Waals surface area contributed by atoms with Crippen LogP contribution in [0.1, 0.15) is 72.6 Å². The molecule has 0 fully saturated rings. The molecule has 21 heavy (non-hydrogen) atoms. The minimum Gasteiger partial charge on any atom is -0.461 e. The van der Waals surface area contributed by atoms with Crippen molar-refractivity contribution in [1.29, 1.82) is 0 Å². The average molecular weight is 296 g/mol. The minimum atomic E-state index is -0.278. The standard InChI is InChI=1S/C18H32O3/c1-5-8-17(19)11-7-12-18(20)21-14-13-16(4)10-6-9-15(2)3/h9,13,17,19H,5-8,10-12,14H2,1-4H3/b16-13+. The van der Waals surface area contributed by atoms with Crippen molar-refractivity contribution in [2.45, 2.75) is 78.7 Å². The van der Waals surface area contributed by atoms with E-state index in [9.17, 15) is 9.90 Å². The largest absolute Gasteiger partial charge is 0.461 e. The molecule has 0 aromatic heterocycles. The molecule has 0 rings (SSSR count). The summed E-state index contributed by atoms with van der Waals surface area (Å²) in [6.45, 7) is 8.66. The first kappa shape index (κ1) is 19.9. The van der Waals surface area contributed by atoms with Crippen LogP contribution in [0, 0.1) is 0 Å². The van der Waals surface area contributed by atoms with E-state index in [4.69, 9.17) is 4.74 Å². The molecule has 1 unspecified atom stereocenters. The van der Waals surface area contributed by atoms with Gasteiger partial charge in [0.25, 0.3) is 0 Å². The van der Waals surface area contributed by atoms with Gasteiger partial charge >= 0.3 is 5.97 Å². The minimum absolute atomic E-state index is 0.174. The first-order chi connectivity index (χ1) is 9.95. The Morgan fingerprint density at radius 1 is 1.14 bits per heavy atom. The summed E-state index contributed by atoms with van der Waals surface area (Å²) in [5.74, 6) is -0.174. The van der Waals surface area contributed by atoms with E-state index in [1.165, 1.54) is 11.1 Å². The molecule has 0 saturated carbocycles. The maximum atomic E-state index is 11.5. The number of aliphatic hydroxyl groups is 1. The number of aliphatic hydroxyl groups excluding tert-OH is 1. The van der Waals surface area contributed by atoms with Gasteiger partial charge in [-0.1, -0.05) is 30.6 Å². The molecule has 3 heteroatoms. The number of rotatable bonds is 11. The van der Waals surface area contributed by atoms with Gasteiger partial charge in [-0.15, -0.1) is 0 Å². The number of hydrogen-bond donors (Lipinski definition) is 1. The van der Waals surface area contributed by atoms with Gasteiger partial charge in [-0.2, -0.15) is 0 Å². The molecular formula is C18H32O3. The zero-order valence-corrected chi connectivity index (χ0v) is 14.2. The Morgan fingerprint density at radius 3 is 2.48 bits per heavy atom. The fourth-order valence-corrected chi connectivity index (χ4v) is 2.00. The third-order valence-corrected chi connectivity index (χ3v) is 3.31. The maximum absolute atomic E-state index is 11.5. The Balaban J connectivity index is 3.70. The lowest BCUT2D eigenvalue weighted by Gasteiger charge is -2.08. The summed E-state index contributed by atoms with van der Waals surface area (Å²) in [6, 6.07) is 0. The van der Waals surface area contributed by atoms with Crippen molar-refractivity contribution in [3.05, 3.63) is 23.3 Å². The summed E-state index contributed by atoms with van der Waals surface area (Å²) in [5.41, 5.74) is 2.58. The fourth-order valence-electron chi connectivity index (χ4n) is 2.00. The third-order valence-electron chi connectivity index (χ3n) is 3.31. The van der Waals surface area contributed by atoms with Crippen LogP contribution in [0.3, 0.4) is 0 Å². The van der Waals surface area contributed by atoms with Crippen LogP contribution in [0.2, 0.25) is 0 Å². The predicted octanol–water partition coefficient (Wildman–Crippen LogP) is 4.55. The van der Waals surface area contributed by atoms with E-state index in [0.717, 1.165) is 25.7 Å². The molecule has 0 aliphatic carbocycles. The van der Waals surface area contributed by atoms with Gasteiger partial charge in [0.1, 0.15) is 6.61 Å². The molecular weight excluding hydrogens is 264 g/mol. The number of ether oxygens (including phenoxy) is 1. The maximum Gasteiger partial charge on any atom is 0.306 e. The van der Waals surface area contributed by atoms with E-state index in [2.05, 4.69) is 26.8 Å². The number of allylic oxidation sites excluding steroid dienone is 3. The van der Waals surface area contributed by atoms with Crippen molar-refractivity contribution >= 4 is 5.97 Å². The molecule has 0 radical (unpaired) electrons. The zero-order chi connectivity index (χ0) is 16.1. The van der Waals surface area contributed by atoms with Crippen LogP contribution in [0.25, 0.3) is 0 Å². The first-order valence-corrected chi connectivity index (χ1v) is 8.08. The highest BCUT2D eigenvalue weighted by Crippen LogP contribution is 2.08. The SMILES string of the molecule is CCCC(O)CCCC(=O)OC/C=C(\C)CCC=C(C)C. The van der Waals surface area contributed by atoms with E-state index in [-0.39, 0.29) is 12.1 Å². The van der Waals surface area contributed by atoms with Crippen LogP contribution >= 0.6 is 0 Å². The van der Waals surface area contributed by atoms with Crippen LogP contribution in [0.15, 0.2) is 23.3 Å². The summed E-state index contributed by atoms with van der Waals surface area (Å²) in [4.78, 5) is 11.5. The Morgan fingerprint density at radius 2 is 1.86 bits per heavy atom. The second-order valence-corrected chi connectivity index (χ2v) is 5.89. The summed E-state index contributed by atoms with van der Waals surface area (Å²) in [7, 11) is 0. The second kappa shape index (κ2) is 12.6. The lowest BCUT2D eigenvalue weighted by Crippen LogP contribution is -2.09. The second-order valence-electron chi connectivity index (χ2n) is 5.89. The van der Waals surface area contributed by atoms with Crippen molar-refractivity contribution < 1.29 is 14.6 Å². The highest BCUT2D eigenvalue weighted by molar-refractivity contribution is 5.69. The first-order valence-electron chi connectivity index (χ1n) is 8.08. The third kappa shape index (κ3) is 13.6. The highest BCUT2D eigenvalue weighted by atomic mass is 16.5. The van der Waals surface area contributed by atoms with Crippen LogP contribution in [0.4, 0.5) is 0 Å². The molecule has 122 valence electrons. The number of carbonyl (C=O) groups excluding carboxylic acids is 1. The van der Waals surface area contributed by atoms with Gasteiger partial charge < -0.3 is 9.84 Å². The van der Waals surface area contributed by atoms with Gasteiger partial charge in [-0.05, 0) is 59.0 Å². The Hall–Kier alpha value is -1.09. The molecule has 0 amide bonds. The Labute approximate surface area is 130 Å².